The molecule has 0 bridgehead atoms. The molecular formula is C20H20ClN3O2. The maximum Gasteiger partial charge on any atom is 0.268 e. The van der Waals surface area contributed by atoms with Crippen molar-refractivity contribution in [1.29, 1.82) is 0 Å². The summed E-state index contributed by atoms with van der Waals surface area (Å²) in [7, 11) is 0. The molecule has 0 aliphatic rings. The maximum absolute atomic E-state index is 12.7. The quantitative estimate of drug-likeness (QED) is 0.694. The van der Waals surface area contributed by atoms with Crippen LogP contribution in [0, 0.1) is 0 Å². The molecule has 134 valence electrons. The Labute approximate surface area is 156 Å². The molecule has 0 saturated heterocycles. The fourth-order valence-electron chi connectivity index (χ4n) is 2.94. The molecule has 0 aliphatic carbocycles. The van der Waals surface area contributed by atoms with Crippen LogP contribution in [0.1, 0.15) is 39.8 Å². The molecule has 26 heavy (non-hydrogen) atoms. The van der Waals surface area contributed by atoms with E-state index >= 15 is 0 Å². The van der Waals surface area contributed by atoms with Gasteiger partial charge in [-0.05, 0) is 42.3 Å². The van der Waals surface area contributed by atoms with E-state index in [0.29, 0.717) is 22.8 Å². The monoisotopic (exact) mass is 369 g/mol. The molecule has 3 rings (SSSR count). The Morgan fingerprint density at radius 3 is 2.50 bits per heavy atom. The number of hydrogen-bond donors (Lipinski definition) is 2. The topological polar surface area (TPSA) is 77.1 Å². The Kier molecular flexibility index (Phi) is 5.28. The minimum absolute atomic E-state index is 0.148. The van der Waals surface area contributed by atoms with Crippen LogP contribution in [0.4, 0.5) is 0 Å². The summed E-state index contributed by atoms with van der Waals surface area (Å²) in [6.45, 7) is 3.17. The van der Waals surface area contributed by atoms with Gasteiger partial charge in [0, 0.05) is 29.1 Å². The van der Waals surface area contributed by atoms with Crippen LogP contribution in [0.3, 0.4) is 0 Å². The number of benzene rings is 2. The highest BCUT2D eigenvalue weighted by Crippen LogP contribution is 2.24. The Bertz CT molecular complexity index is 961. The predicted molar refractivity (Wildman–Crippen MR) is 103 cm³/mol. The third-order valence-electron chi connectivity index (χ3n) is 4.24. The van der Waals surface area contributed by atoms with Gasteiger partial charge >= 0.3 is 0 Å². The zero-order valence-electron chi connectivity index (χ0n) is 14.5. The number of nitrogens with one attached hydrogen (secondary N) is 1. The number of aryl methyl sites for hydroxylation is 1. The first-order chi connectivity index (χ1) is 12.5. The Hall–Kier alpha value is -2.79. The molecular weight excluding hydrogens is 350 g/mol. The zero-order valence-corrected chi connectivity index (χ0v) is 15.2. The number of aromatic nitrogens is 1. The molecule has 3 N–H and O–H groups in total. The highest BCUT2D eigenvalue weighted by molar-refractivity contribution is 6.31. The number of carbonyl (C=O) groups excluding carboxylic acids is 2. The second kappa shape index (κ2) is 7.62. The van der Waals surface area contributed by atoms with Crippen molar-refractivity contribution in [3.8, 4) is 0 Å². The van der Waals surface area contributed by atoms with Crippen LogP contribution in [0.15, 0.2) is 48.5 Å². The first kappa shape index (κ1) is 18.0. The van der Waals surface area contributed by atoms with Crippen molar-refractivity contribution in [1.82, 2.24) is 9.88 Å². The molecule has 0 aliphatic heterocycles. The second-order valence-corrected chi connectivity index (χ2v) is 6.56. The zero-order chi connectivity index (χ0) is 18.7. The van der Waals surface area contributed by atoms with Crippen LogP contribution in [0.5, 0.6) is 0 Å². The van der Waals surface area contributed by atoms with Gasteiger partial charge in [0.05, 0.1) is 5.52 Å². The summed E-state index contributed by atoms with van der Waals surface area (Å²) in [5, 5.41) is 4.56. The molecule has 0 saturated carbocycles. The van der Waals surface area contributed by atoms with Gasteiger partial charge in [-0.3, -0.25) is 9.59 Å². The second-order valence-electron chi connectivity index (χ2n) is 6.13. The lowest BCUT2D eigenvalue weighted by atomic mass is 10.1. The third-order valence-corrected chi connectivity index (χ3v) is 4.47. The summed E-state index contributed by atoms with van der Waals surface area (Å²) in [6, 6.07) is 14.4. The van der Waals surface area contributed by atoms with Gasteiger partial charge in [-0.2, -0.15) is 0 Å². The summed E-state index contributed by atoms with van der Waals surface area (Å²) < 4.78 is 1.99. The normalized spacial score (nSPS) is 10.8. The Morgan fingerprint density at radius 2 is 1.85 bits per heavy atom. The SMILES string of the molecule is CCCn1c(C(=O)NCc2ccc(C(N)=O)cc2)cc2ccc(Cl)cc21. The molecule has 5 nitrogen and oxygen atoms in total. The largest absolute Gasteiger partial charge is 0.366 e. The number of hydrogen-bond acceptors (Lipinski definition) is 2. The number of rotatable bonds is 6. The molecule has 3 aromatic rings. The van der Waals surface area contributed by atoms with Gasteiger partial charge in [0.2, 0.25) is 5.91 Å². The average molecular weight is 370 g/mol. The van der Waals surface area contributed by atoms with E-state index in [1.807, 2.05) is 28.8 Å². The molecule has 0 spiro atoms. The van der Waals surface area contributed by atoms with E-state index in [1.165, 1.54) is 0 Å². The fourth-order valence-corrected chi connectivity index (χ4v) is 3.11. The van der Waals surface area contributed by atoms with Gasteiger partial charge in [-0.1, -0.05) is 36.7 Å². The summed E-state index contributed by atoms with van der Waals surface area (Å²) >= 11 is 6.11. The number of fused-ring (bicyclic) bond motifs is 1. The van der Waals surface area contributed by atoms with Gasteiger partial charge in [-0.25, -0.2) is 0 Å². The molecule has 1 aromatic heterocycles. The van der Waals surface area contributed by atoms with Gasteiger partial charge in [0.15, 0.2) is 0 Å². The number of carbonyl (C=O) groups is 2. The van der Waals surface area contributed by atoms with E-state index in [1.54, 1.807) is 24.3 Å². The third kappa shape index (κ3) is 3.73. The summed E-state index contributed by atoms with van der Waals surface area (Å²) in [6.07, 6.45) is 0.908. The number of nitrogens with two attached hydrogens (primary N) is 1. The van der Waals surface area contributed by atoms with Crippen molar-refractivity contribution in [3.05, 3.63) is 70.4 Å². The molecule has 1 heterocycles. The van der Waals surface area contributed by atoms with Crippen LogP contribution in [0.2, 0.25) is 5.02 Å². The smallest absolute Gasteiger partial charge is 0.268 e. The van der Waals surface area contributed by atoms with E-state index in [2.05, 4.69) is 12.2 Å². The van der Waals surface area contributed by atoms with Gasteiger partial charge in [-0.15, -0.1) is 0 Å². The summed E-state index contributed by atoms with van der Waals surface area (Å²) in [5.41, 5.74) is 8.13. The van der Waals surface area contributed by atoms with E-state index in [9.17, 15) is 9.59 Å². The van der Waals surface area contributed by atoms with Crippen LogP contribution in [-0.2, 0) is 13.1 Å². The first-order valence-corrected chi connectivity index (χ1v) is 8.83. The van der Waals surface area contributed by atoms with Crippen molar-refractivity contribution in [2.24, 2.45) is 5.73 Å². The number of halogens is 1. The maximum atomic E-state index is 12.7. The average Bonchev–Trinajstić information content (AvgIpc) is 2.98. The van der Waals surface area contributed by atoms with Crippen molar-refractivity contribution >= 4 is 34.3 Å². The number of nitrogens with zero attached hydrogens (tertiary/aromatic N) is 1. The Balaban J connectivity index is 1.80. The molecule has 2 aromatic carbocycles. The van der Waals surface area contributed by atoms with Crippen LogP contribution >= 0.6 is 11.6 Å². The Morgan fingerprint density at radius 1 is 1.12 bits per heavy atom. The highest BCUT2D eigenvalue weighted by Gasteiger charge is 2.15. The van der Waals surface area contributed by atoms with E-state index < -0.39 is 5.91 Å². The molecule has 2 amide bonds. The lowest BCUT2D eigenvalue weighted by Crippen LogP contribution is -2.25. The van der Waals surface area contributed by atoms with Crippen molar-refractivity contribution in [2.45, 2.75) is 26.4 Å². The molecule has 0 radical (unpaired) electrons. The lowest BCUT2D eigenvalue weighted by Gasteiger charge is -2.10. The fraction of sp³-hybridized carbons (Fsp3) is 0.200. The van der Waals surface area contributed by atoms with Crippen molar-refractivity contribution in [3.63, 3.8) is 0 Å². The predicted octanol–water partition coefficient (Wildman–Crippen LogP) is 3.73. The van der Waals surface area contributed by atoms with Crippen LogP contribution in [-0.4, -0.2) is 16.4 Å². The van der Waals surface area contributed by atoms with Crippen LogP contribution < -0.4 is 11.1 Å². The van der Waals surface area contributed by atoms with Gasteiger partial charge in [0.1, 0.15) is 5.69 Å². The van der Waals surface area contributed by atoms with E-state index in [4.69, 9.17) is 17.3 Å². The van der Waals surface area contributed by atoms with Gasteiger partial charge in [0.25, 0.3) is 5.91 Å². The van der Waals surface area contributed by atoms with Crippen LogP contribution in [0.25, 0.3) is 10.9 Å². The molecule has 0 unspecified atom stereocenters. The number of amides is 2. The number of primary amides is 1. The van der Waals surface area contributed by atoms with Crippen molar-refractivity contribution < 1.29 is 9.59 Å². The minimum Gasteiger partial charge on any atom is -0.366 e. The molecule has 6 heteroatoms. The van der Waals surface area contributed by atoms with E-state index in [-0.39, 0.29) is 5.91 Å². The lowest BCUT2D eigenvalue weighted by molar-refractivity contribution is 0.0940. The summed E-state index contributed by atoms with van der Waals surface area (Å²) in [4.78, 5) is 23.8. The summed E-state index contributed by atoms with van der Waals surface area (Å²) in [5.74, 6) is -0.618. The first-order valence-electron chi connectivity index (χ1n) is 8.45. The highest BCUT2D eigenvalue weighted by atomic mass is 35.5. The van der Waals surface area contributed by atoms with E-state index in [0.717, 1.165) is 29.4 Å². The van der Waals surface area contributed by atoms with Gasteiger partial charge < -0.3 is 15.6 Å². The molecule has 0 fully saturated rings. The standard InChI is InChI=1S/C20H20ClN3O2/c1-2-9-24-17-11-16(21)8-7-15(17)10-18(24)20(26)23-12-13-3-5-14(6-4-13)19(22)25/h3-8,10-11H,2,9,12H2,1H3,(H2,22,25)(H,23,26). The van der Waals surface area contributed by atoms with Crippen molar-refractivity contribution in [2.75, 3.05) is 0 Å². The molecule has 0 atom stereocenters. The minimum atomic E-state index is -0.469.